The SMILES string of the molecule is CC(Cc1ccsc1)NC(=O)N1CCN(C(=O)c2ccc[nH]2)CC1. The Morgan fingerprint density at radius 3 is 2.62 bits per heavy atom. The summed E-state index contributed by atoms with van der Waals surface area (Å²) in [5, 5.41) is 7.19. The number of thiophene rings is 1. The number of aromatic amines is 1. The van der Waals surface area contributed by atoms with Crippen molar-refractivity contribution in [2.24, 2.45) is 0 Å². The van der Waals surface area contributed by atoms with Crippen LogP contribution < -0.4 is 5.32 Å². The standard InChI is InChI=1S/C17H22N4O2S/c1-13(11-14-4-10-24-12-14)19-17(23)21-8-6-20(7-9-21)16(22)15-3-2-5-18-15/h2-5,10,12-13,18H,6-9,11H2,1H3,(H,19,23). The van der Waals surface area contributed by atoms with Crippen LogP contribution in [-0.2, 0) is 6.42 Å². The summed E-state index contributed by atoms with van der Waals surface area (Å²) in [5.74, 6) is -0.00844. The third-order valence-electron chi connectivity index (χ3n) is 4.17. The van der Waals surface area contributed by atoms with E-state index in [9.17, 15) is 9.59 Å². The minimum Gasteiger partial charge on any atom is -0.357 e. The molecule has 2 N–H and O–H groups in total. The van der Waals surface area contributed by atoms with E-state index in [0.717, 1.165) is 6.42 Å². The lowest BCUT2D eigenvalue weighted by atomic mass is 10.1. The summed E-state index contributed by atoms with van der Waals surface area (Å²) in [7, 11) is 0. The number of urea groups is 1. The molecule has 6 nitrogen and oxygen atoms in total. The van der Waals surface area contributed by atoms with Crippen molar-refractivity contribution in [3.8, 4) is 0 Å². The number of aromatic nitrogens is 1. The van der Waals surface area contributed by atoms with Gasteiger partial charge in [-0.1, -0.05) is 0 Å². The van der Waals surface area contributed by atoms with Crippen molar-refractivity contribution in [2.75, 3.05) is 26.2 Å². The second kappa shape index (κ2) is 7.53. The van der Waals surface area contributed by atoms with Crippen molar-refractivity contribution in [3.05, 3.63) is 46.4 Å². The van der Waals surface area contributed by atoms with E-state index in [1.54, 1.807) is 33.4 Å². The van der Waals surface area contributed by atoms with Gasteiger partial charge in [-0.2, -0.15) is 11.3 Å². The van der Waals surface area contributed by atoms with Gasteiger partial charge in [0.05, 0.1) is 0 Å². The molecule has 24 heavy (non-hydrogen) atoms. The van der Waals surface area contributed by atoms with E-state index in [0.29, 0.717) is 31.9 Å². The van der Waals surface area contributed by atoms with Crippen molar-refractivity contribution >= 4 is 23.3 Å². The van der Waals surface area contributed by atoms with Gasteiger partial charge in [-0.3, -0.25) is 4.79 Å². The van der Waals surface area contributed by atoms with Crippen molar-refractivity contribution in [1.82, 2.24) is 20.1 Å². The number of carbonyl (C=O) groups is 2. The zero-order valence-corrected chi connectivity index (χ0v) is 14.5. The molecule has 3 heterocycles. The molecule has 1 atom stereocenters. The van der Waals surface area contributed by atoms with Gasteiger partial charge in [-0.05, 0) is 47.9 Å². The molecule has 0 saturated carbocycles. The quantitative estimate of drug-likeness (QED) is 0.891. The number of rotatable bonds is 4. The molecule has 1 aliphatic rings. The van der Waals surface area contributed by atoms with Crippen LogP contribution in [0.25, 0.3) is 0 Å². The molecule has 128 valence electrons. The van der Waals surface area contributed by atoms with E-state index >= 15 is 0 Å². The third kappa shape index (κ3) is 3.97. The molecule has 3 amide bonds. The Hall–Kier alpha value is -2.28. The van der Waals surface area contributed by atoms with Gasteiger partial charge in [0, 0.05) is 38.4 Å². The maximum Gasteiger partial charge on any atom is 0.317 e. The van der Waals surface area contributed by atoms with E-state index in [4.69, 9.17) is 0 Å². The third-order valence-corrected chi connectivity index (χ3v) is 4.91. The molecular formula is C17H22N4O2S. The van der Waals surface area contributed by atoms with Gasteiger partial charge in [-0.25, -0.2) is 4.79 Å². The van der Waals surface area contributed by atoms with E-state index in [1.807, 2.05) is 18.4 Å². The van der Waals surface area contributed by atoms with Crippen LogP contribution in [0, 0.1) is 0 Å². The van der Waals surface area contributed by atoms with Crippen LogP contribution in [0.5, 0.6) is 0 Å². The minimum atomic E-state index is -0.0512. The summed E-state index contributed by atoms with van der Waals surface area (Å²) in [4.78, 5) is 31.1. The number of carbonyl (C=O) groups excluding carboxylic acids is 2. The summed E-state index contributed by atoms with van der Waals surface area (Å²) in [5.41, 5.74) is 1.84. The largest absolute Gasteiger partial charge is 0.357 e. The van der Waals surface area contributed by atoms with Gasteiger partial charge in [0.2, 0.25) is 0 Å². The topological polar surface area (TPSA) is 68.4 Å². The first-order chi connectivity index (χ1) is 11.6. The van der Waals surface area contributed by atoms with E-state index in [1.165, 1.54) is 5.56 Å². The fourth-order valence-electron chi connectivity index (χ4n) is 2.86. The number of amides is 3. The fraction of sp³-hybridized carbons (Fsp3) is 0.412. The monoisotopic (exact) mass is 346 g/mol. The Kier molecular flexibility index (Phi) is 5.20. The minimum absolute atomic E-state index is 0.00844. The average Bonchev–Trinajstić information content (AvgIpc) is 3.27. The van der Waals surface area contributed by atoms with Gasteiger partial charge in [0.15, 0.2) is 0 Å². The zero-order valence-electron chi connectivity index (χ0n) is 13.7. The highest BCUT2D eigenvalue weighted by molar-refractivity contribution is 7.07. The van der Waals surface area contributed by atoms with Crippen molar-refractivity contribution in [2.45, 2.75) is 19.4 Å². The molecule has 7 heteroatoms. The molecular weight excluding hydrogens is 324 g/mol. The van der Waals surface area contributed by atoms with E-state index in [2.05, 4.69) is 21.7 Å². The van der Waals surface area contributed by atoms with Gasteiger partial charge in [-0.15, -0.1) is 0 Å². The van der Waals surface area contributed by atoms with Crippen molar-refractivity contribution in [3.63, 3.8) is 0 Å². The molecule has 2 aromatic heterocycles. The maximum absolute atomic E-state index is 12.3. The predicted octanol–water partition coefficient (Wildman–Crippen LogP) is 2.17. The number of nitrogens with one attached hydrogen (secondary N) is 2. The Morgan fingerprint density at radius 1 is 1.25 bits per heavy atom. The van der Waals surface area contributed by atoms with Gasteiger partial charge in [0.1, 0.15) is 5.69 Å². The molecule has 1 unspecified atom stereocenters. The molecule has 0 spiro atoms. The average molecular weight is 346 g/mol. The lowest BCUT2D eigenvalue weighted by Crippen LogP contribution is -2.54. The van der Waals surface area contributed by atoms with Crippen LogP contribution in [0.4, 0.5) is 4.79 Å². The first kappa shape index (κ1) is 16.6. The fourth-order valence-corrected chi connectivity index (χ4v) is 3.54. The highest BCUT2D eigenvalue weighted by atomic mass is 32.1. The van der Waals surface area contributed by atoms with E-state index < -0.39 is 0 Å². The summed E-state index contributed by atoms with van der Waals surface area (Å²) in [6, 6.07) is 5.70. The van der Waals surface area contributed by atoms with Crippen LogP contribution in [0.15, 0.2) is 35.2 Å². The van der Waals surface area contributed by atoms with Crippen LogP contribution in [0.1, 0.15) is 23.0 Å². The first-order valence-corrected chi connectivity index (χ1v) is 9.07. The number of H-pyrrole nitrogens is 1. The molecule has 0 aliphatic carbocycles. The lowest BCUT2D eigenvalue weighted by molar-refractivity contribution is 0.0658. The summed E-state index contributed by atoms with van der Waals surface area (Å²) in [6.45, 7) is 4.25. The Labute approximate surface area is 145 Å². The Bertz CT molecular complexity index is 661. The lowest BCUT2D eigenvalue weighted by Gasteiger charge is -2.35. The number of hydrogen-bond donors (Lipinski definition) is 2. The smallest absolute Gasteiger partial charge is 0.317 e. The van der Waals surface area contributed by atoms with Crippen LogP contribution in [0.2, 0.25) is 0 Å². The number of hydrogen-bond acceptors (Lipinski definition) is 3. The maximum atomic E-state index is 12.3. The number of nitrogens with zero attached hydrogens (tertiary/aromatic N) is 2. The van der Waals surface area contributed by atoms with Gasteiger partial charge in [0.25, 0.3) is 5.91 Å². The summed E-state index contributed by atoms with van der Waals surface area (Å²) >= 11 is 1.67. The van der Waals surface area contributed by atoms with Crippen molar-refractivity contribution in [1.29, 1.82) is 0 Å². The molecule has 0 aromatic carbocycles. The molecule has 1 aliphatic heterocycles. The normalized spacial score (nSPS) is 16.0. The summed E-state index contributed by atoms with van der Waals surface area (Å²) in [6.07, 6.45) is 2.58. The zero-order chi connectivity index (χ0) is 16.9. The van der Waals surface area contributed by atoms with Crippen molar-refractivity contribution < 1.29 is 9.59 Å². The first-order valence-electron chi connectivity index (χ1n) is 8.12. The Morgan fingerprint density at radius 2 is 2.00 bits per heavy atom. The molecule has 0 radical (unpaired) electrons. The van der Waals surface area contributed by atoms with E-state index in [-0.39, 0.29) is 18.0 Å². The summed E-state index contributed by atoms with van der Waals surface area (Å²) < 4.78 is 0. The molecule has 2 aromatic rings. The molecule has 1 fully saturated rings. The van der Waals surface area contributed by atoms with Gasteiger partial charge >= 0.3 is 6.03 Å². The molecule has 0 bridgehead atoms. The van der Waals surface area contributed by atoms with Crippen LogP contribution in [-0.4, -0.2) is 58.9 Å². The second-order valence-electron chi connectivity index (χ2n) is 6.05. The molecule has 3 rings (SSSR count). The highest BCUT2D eigenvalue weighted by Gasteiger charge is 2.25. The molecule has 1 saturated heterocycles. The highest BCUT2D eigenvalue weighted by Crippen LogP contribution is 2.10. The van der Waals surface area contributed by atoms with Crippen LogP contribution in [0.3, 0.4) is 0 Å². The Balaban J connectivity index is 1.45. The predicted molar refractivity (Wildman–Crippen MR) is 94.3 cm³/mol. The van der Waals surface area contributed by atoms with Crippen LogP contribution >= 0.6 is 11.3 Å². The van der Waals surface area contributed by atoms with Gasteiger partial charge < -0.3 is 20.1 Å². The number of piperazine rings is 1. The second-order valence-corrected chi connectivity index (χ2v) is 6.83.